The van der Waals surface area contributed by atoms with Crippen LogP contribution >= 0.6 is 11.6 Å². The van der Waals surface area contributed by atoms with Crippen LogP contribution in [0, 0.1) is 17.2 Å². The van der Waals surface area contributed by atoms with E-state index in [9.17, 15) is 4.79 Å². The van der Waals surface area contributed by atoms with Crippen LogP contribution in [0.1, 0.15) is 30.6 Å². The molecule has 0 saturated heterocycles. The summed E-state index contributed by atoms with van der Waals surface area (Å²) in [5.74, 6) is -0.0666. The first-order valence-electron chi connectivity index (χ1n) is 6.74. The SMILES string of the molecule is CC(C)C[C@@H](C#N)NC(=O)c1ccc(-n2cnnn2)cc1Cl. The van der Waals surface area contributed by atoms with Gasteiger partial charge in [-0.25, -0.2) is 4.68 Å². The number of halogens is 1. The lowest BCUT2D eigenvalue weighted by Crippen LogP contribution is -2.34. The first-order valence-corrected chi connectivity index (χ1v) is 7.12. The van der Waals surface area contributed by atoms with Gasteiger partial charge in [-0.3, -0.25) is 4.79 Å². The van der Waals surface area contributed by atoms with Crippen LogP contribution in [0.5, 0.6) is 0 Å². The number of carbonyl (C=O) groups excluding carboxylic acids is 1. The quantitative estimate of drug-likeness (QED) is 0.909. The van der Waals surface area contributed by atoms with Gasteiger partial charge >= 0.3 is 0 Å². The molecule has 0 fully saturated rings. The van der Waals surface area contributed by atoms with Crippen molar-refractivity contribution in [2.45, 2.75) is 26.3 Å². The molecule has 7 nitrogen and oxygen atoms in total. The third-order valence-corrected chi connectivity index (χ3v) is 3.29. The van der Waals surface area contributed by atoms with Crippen molar-refractivity contribution < 1.29 is 4.79 Å². The van der Waals surface area contributed by atoms with Gasteiger partial charge in [0.05, 0.1) is 22.3 Å². The Morgan fingerprint density at radius 1 is 1.50 bits per heavy atom. The molecule has 0 unspecified atom stereocenters. The fourth-order valence-corrected chi connectivity index (χ4v) is 2.22. The molecular formula is C14H15ClN6O. The number of carbonyl (C=O) groups is 1. The zero-order chi connectivity index (χ0) is 16.1. The molecule has 0 aliphatic carbocycles. The summed E-state index contributed by atoms with van der Waals surface area (Å²) >= 11 is 6.15. The van der Waals surface area contributed by atoms with Crippen molar-refractivity contribution in [1.29, 1.82) is 5.26 Å². The number of nitrogens with zero attached hydrogens (tertiary/aromatic N) is 5. The number of hydrogen-bond acceptors (Lipinski definition) is 5. The van der Waals surface area contributed by atoms with Gasteiger partial charge in [-0.15, -0.1) is 5.10 Å². The first kappa shape index (κ1) is 15.9. The van der Waals surface area contributed by atoms with Crippen LogP contribution in [-0.4, -0.2) is 32.2 Å². The zero-order valence-electron chi connectivity index (χ0n) is 12.2. The number of amides is 1. The number of hydrogen-bond donors (Lipinski definition) is 1. The van der Waals surface area contributed by atoms with Crippen LogP contribution < -0.4 is 5.32 Å². The van der Waals surface area contributed by atoms with Gasteiger partial charge in [0.1, 0.15) is 12.4 Å². The highest BCUT2D eigenvalue weighted by Gasteiger charge is 2.17. The second kappa shape index (κ2) is 7.00. The topological polar surface area (TPSA) is 96.5 Å². The summed E-state index contributed by atoms with van der Waals surface area (Å²) in [6, 6.07) is 6.40. The Labute approximate surface area is 132 Å². The molecule has 1 N–H and O–H groups in total. The van der Waals surface area contributed by atoms with Crippen molar-refractivity contribution in [3.63, 3.8) is 0 Å². The maximum atomic E-state index is 12.2. The van der Waals surface area contributed by atoms with Gasteiger partial charge in [0.2, 0.25) is 0 Å². The van der Waals surface area contributed by atoms with Crippen LogP contribution in [0.25, 0.3) is 5.69 Å². The number of nitriles is 1. The molecule has 1 heterocycles. The van der Waals surface area contributed by atoms with Crippen LogP contribution in [-0.2, 0) is 0 Å². The highest BCUT2D eigenvalue weighted by molar-refractivity contribution is 6.34. The highest BCUT2D eigenvalue weighted by Crippen LogP contribution is 2.20. The molecule has 2 rings (SSSR count). The molecular weight excluding hydrogens is 304 g/mol. The normalized spacial score (nSPS) is 12.0. The maximum Gasteiger partial charge on any atom is 0.253 e. The van der Waals surface area contributed by atoms with Gasteiger partial charge in [0.25, 0.3) is 5.91 Å². The molecule has 22 heavy (non-hydrogen) atoms. The van der Waals surface area contributed by atoms with Crippen LogP contribution in [0.3, 0.4) is 0 Å². The molecule has 1 aromatic carbocycles. The van der Waals surface area contributed by atoms with Crippen molar-refractivity contribution in [2.75, 3.05) is 0 Å². The smallest absolute Gasteiger partial charge is 0.253 e. The third-order valence-electron chi connectivity index (χ3n) is 2.98. The lowest BCUT2D eigenvalue weighted by atomic mass is 10.0. The fraction of sp³-hybridized carbons (Fsp3) is 0.357. The Hall–Kier alpha value is -2.46. The molecule has 1 atom stereocenters. The fourth-order valence-electron chi connectivity index (χ4n) is 1.96. The number of rotatable bonds is 5. The molecule has 1 aromatic heterocycles. The minimum Gasteiger partial charge on any atom is -0.336 e. The molecule has 8 heteroatoms. The third kappa shape index (κ3) is 3.80. The highest BCUT2D eigenvalue weighted by atomic mass is 35.5. The molecule has 0 aliphatic heterocycles. The Morgan fingerprint density at radius 2 is 2.27 bits per heavy atom. The molecule has 0 radical (unpaired) electrons. The largest absolute Gasteiger partial charge is 0.336 e. The number of benzene rings is 1. The van der Waals surface area contributed by atoms with Crippen molar-refractivity contribution in [3.05, 3.63) is 35.1 Å². The van der Waals surface area contributed by atoms with E-state index in [1.807, 2.05) is 13.8 Å². The second-order valence-corrected chi connectivity index (χ2v) is 5.61. The lowest BCUT2D eigenvalue weighted by Gasteiger charge is -2.14. The van der Waals surface area contributed by atoms with Crippen LogP contribution in [0.4, 0.5) is 0 Å². The van der Waals surface area contributed by atoms with Crippen LogP contribution in [0.2, 0.25) is 5.02 Å². The number of tetrazole rings is 1. The van der Waals surface area contributed by atoms with Gasteiger partial charge < -0.3 is 5.32 Å². The van der Waals surface area contributed by atoms with Crippen LogP contribution in [0.15, 0.2) is 24.5 Å². The Balaban J connectivity index is 2.15. The summed E-state index contributed by atoms with van der Waals surface area (Å²) in [7, 11) is 0. The van der Waals surface area contributed by atoms with E-state index in [4.69, 9.17) is 16.9 Å². The average molecular weight is 319 g/mol. The summed E-state index contributed by atoms with van der Waals surface area (Å²) in [5.41, 5.74) is 0.952. The zero-order valence-corrected chi connectivity index (χ0v) is 12.9. The van der Waals surface area contributed by atoms with E-state index in [2.05, 4.69) is 26.9 Å². The van der Waals surface area contributed by atoms with E-state index in [-0.39, 0.29) is 10.9 Å². The van der Waals surface area contributed by atoms with E-state index in [0.29, 0.717) is 23.6 Å². The van der Waals surface area contributed by atoms with E-state index >= 15 is 0 Å². The van der Waals surface area contributed by atoms with Gasteiger partial charge in [0.15, 0.2) is 0 Å². The van der Waals surface area contributed by atoms with E-state index in [0.717, 1.165) is 0 Å². The van der Waals surface area contributed by atoms with E-state index in [1.165, 1.54) is 11.0 Å². The summed E-state index contributed by atoms with van der Waals surface area (Å²) in [6.07, 6.45) is 2.02. The Morgan fingerprint density at radius 3 is 2.82 bits per heavy atom. The standard InChI is InChI=1S/C14H15ClN6O/c1-9(2)5-10(7-16)18-14(22)12-4-3-11(6-13(12)15)21-8-17-19-20-21/h3-4,6,8-10H,5H2,1-2H3,(H,18,22)/t10-/m0/s1. The number of nitrogens with one attached hydrogen (secondary N) is 1. The first-order chi connectivity index (χ1) is 10.5. The average Bonchev–Trinajstić information content (AvgIpc) is 2.99. The summed E-state index contributed by atoms with van der Waals surface area (Å²) in [6.45, 7) is 3.98. The molecule has 0 aliphatic rings. The van der Waals surface area contributed by atoms with Crippen molar-refractivity contribution >= 4 is 17.5 Å². The van der Waals surface area contributed by atoms with Crippen molar-refractivity contribution in [3.8, 4) is 11.8 Å². The van der Waals surface area contributed by atoms with Gasteiger partial charge in [-0.1, -0.05) is 25.4 Å². The van der Waals surface area contributed by atoms with Crippen molar-refractivity contribution in [1.82, 2.24) is 25.5 Å². The summed E-state index contributed by atoms with van der Waals surface area (Å²) < 4.78 is 1.43. The predicted octanol–water partition coefficient (Wildman–Crippen LogP) is 1.98. The Bertz CT molecular complexity index is 692. The molecule has 0 spiro atoms. The van der Waals surface area contributed by atoms with Gasteiger partial charge in [-0.05, 0) is 41.0 Å². The maximum absolute atomic E-state index is 12.2. The van der Waals surface area contributed by atoms with Gasteiger partial charge in [0, 0.05) is 0 Å². The monoisotopic (exact) mass is 318 g/mol. The lowest BCUT2D eigenvalue weighted by molar-refractivity contribution is 0.0942. The second-order valence-electron chi connectivity index (χ2n) is 5.20. The molecule has 1 amide bonds. The minimum atomic E-state index is -0.539. The number of aromatic nitrogens is 4. The van der Waals surface area contributed by atoms with Crippen molar-refractivity contribution in [2.24, 2.45) is 5.92 Å². The molecule has 0 bridgehead atoms. The molecule has 2 aromatic rings. The predicted molar refractivity (Wildman–Crippen MR) is 80.5 cm³/mol. The van der Waals surface area contributed by atoms with E-state index < -0.39 is 6.04 Å². The summed E-state index contributed by atoms with van der Waals surface area (Å²) in [5, 5.41) is 22.9. The molecule has 114 valence electrons. The summed E-state index contributed by atoms with van der Waals surface area (Å²) in [4.78, 5) is 12.2. The van der Waals surface area contributed by atoms with Gasteiger partial charge in [-0.2, -0.15) is 5.26 Å². The Kier molecular flexibility index (Phi) is 5.07. The molecule has 0 saturated carbocycles. The van der Waals surface area contributed by atoms with E-state index in [1.54, 1.807) is 18.2 Å². The minimum absolute atomic E-state index is 0.270.